The lowest BCUT2D eigenvalue weighted by Gasteiger charge is -2.14. The summed E-state index contributed by atoms with van der Waals surface area (Å²) in [6.07, 6.45) is 0. The van der Waals surface area contributed by atoms with Gasteiger partial charge in [0.15, 0.2) is 11.5 Å². The molecule has 35 heavy (non-hydrogen) atoms. The maximum atomic E-state index is 13.3. The Bertz CT molecular complexity index is 1540. The number of fused-ring (bicyclic) bond motifs is 3. The van der Waals surface area contributed by atoms with Crippen molar-refractivity contribution in [2.45, 2.75) is 6.54 Å². The Labute approximate surface area is 202 Å². The van der Waals surface area contributed by atoms with Gasteiger partial charge in [0.25, 0.3) is 5.91 Å². The van der Waals surface area contributed by atoms with E-state index >= 15 is 0 Å². The molecule has 2 N–H and O–H groups in total. The molecule has 0 saturated heterocycles. The summed E-state index contributed by atoms with van der Waals surface area (Å²) in [5.74, 6) is 1.57. The van der Waals surface area contributed by atoms with Crippen LogP contribution in [0.2, 0.25) is 0 Å². The van der Waals surface area contributed by atoms with Gasteiger partial charge in [-0.3, -0.25) is 4.79 Å². The van der Waals surface area contributed by atoms with Gasteiger partial charge >= 0.3 is 0 Å². The van der Waals surface area contributed by atoms with E-state index in [0.29, 0.717) is 29.4 Å². The third-order valence-electron chi connectivity index (χ3n) is 6.02. The van der Waals surface area contributed by atoms with E-state index in [4.69, 9.17) is 19.2 Å². The summed E-state index contributed by atoms with van der Waals surface area (Å²) in [4.78, 5) is 21.6. The molecule has 1 amide bonds. The highest BCUT2D eigenvalue weighted by Crippen LogP contribution is 2.41. The van der Waals surface area contributed by atoms with Crippen LogP contribution in [0.4, 0.5) is 0 Å². The molecule has 0 bridgehead atoms. The molecule has 0 spiro atoms. The van der Waals surface area contributed by atoms with E-state index < -0.39 is 0 Å². The number of methoxy groups -OCH3 is 3. The first-order valence-electron chi connectivity index (χ1n) is 11.2. The van der Waals surface area contributed by atoms with Crippen LogP contribution in [0.1, 0.15) is 16.1 Å². The van der Waals surface area contributed by atoms with Gasteiger partial charge in [-0.25, -0.2) is 4.98 Å². The third-order valence-corrected chi connectivity index (χ3v) is 6.02. The molecule has 2 heterocycles. The Morgan fingerprint density at radius 1 is 0.857 bits per heavy atom. The van der Waals surface area contributed by atoms with Crippen molar-refractivity contribution in [3.8, 4) is 28.5 Å². The number of hydrogen-bond acceptors (Lipinski definition) is 5. The molecular formula is C28H25N3O4. The quantitative estimate of drug-likeness (QED) is 0.338. The molecule has 0 aliphatic rings. The predicted octanol–water partition coefficient (Wildman–Crippen LogP) is 5.34. The van der Waals surface area contributed by atoms with Crippen molar-refractivity contribution in [1.82, 2.24) is 15.3 Å². The van der Waals surface area contributed by atoms with E-state index in [1.165, 1.54) is 0 Å². The number of benzene rings is 3. The van der Waals surface area contributed by atoms with E-state index in [1.807, 2.05) is 72.8 Å². The molecule has 0 aliphatic carbocycles. The smallest absolute Gasteiger partial charge is 0.270 e. The molecule has 176 valence electrons. The molecule has 2 aromatic heterocycles. The zero-order valence-electron chi connectivity index (χ0n) is 19.7. The molecule has 0 radical (unpaired) electrons. The third kappa shape index (κ3) is 4.01. The van der Waals surface area contributed by atoms with Gasteiger partial charge in [-0.05, 0) is 30.3 Å². The van der Waals surface area contributed by atoms with Crippen LogP contribution in [0.25, 0.3) is 33.1 Å². The van der Waals surface area contributed by atoms with Gasteiger partial charge in [0.2, 0.25) is 0 Å². The summed E-state index contributed by atoms with van der Waals surface area (Å²) in [7, 11) is 4.80. The standard InChI is InChI=1S/C28H25N3O4/c1-33-23-13-7-4-9-17(23)16-29-28(32)22-15-20-18-10-5-6-12-21(18)30-26(20)25(31-22)19-11-8-14-24(34-2)27(19)35-3/h4-15,30H,16H2,1-3H3,(H,29,32). The summed E-state index contributed by atoms with van der Waals surface area (Å²) in [5.41, 5.74) is 4.29. The molecule has 5 aromatic rings. The van der Waals surface area contributed by atoms with E-state index in [1.54, 1.807) is 21.3 Å². The number of ether oxygens (including phenoxy) is 3. The number of carbonyl (C=O) groups is 1. The topological polar surface area (TPSA) is 85.5 Å². The van der Waals surface area contributed by atoms with Crippen molar-refractivity contribution < 1.29 is 19.0 Å². The van der Waals surface area contributed by atoms with Crippen LogP contribution < -0.4 is 19.5 Å². The summed E-state index contributed by atoms with van der Waals surface area (Å²) in [5, 5.41) is 4.88. The monoisotopic (exact) mass is 467 g/mol. The highest BCUT2D eigenvalue weighted by Gasteiger charge is 2.21. The maximum absolute atomic E-state index is 13.3. The Kier molecular flexibility index (Phi) is 5.97. The molecule has 5 rings (SSSR count). The van der Waals surface area contributed by atoms with Crippen LogP contribution in [0.15, 0.2) is 72.8 Å². The van der Waals surface area contributed by atoms with Crippen molar-refractivity contribution in [1.29, 1.82) is 0 Å². The van der Waals surface area contributed by atoms with Gasteiger partial charge in [0, 0.05) is 34.0 Å². The summed E-state index contributed by atoms with van der Waals surface area (Å²) >= 11 is 0. The van der Waals surface area contributed by atoms with E-state index in [0.717, 1.165) is 38.7 Å². The first-order chi connectivity index (χ1) is 17.1. The van der Waals surface area contributed by atoms with Crippen molar-refractivity contribution in [3.05, 3.63) is 84.1 Å². The molecular weight excluding hydrogens is 442 g/mol. The van der Waals surface area contributed by atoms with Crippen LogP contribution in [0, 0.1) is 0 Å². The van der Waals surface area contributed by atoms with Crippen LogP contribution >= 0.6 is 0 Å². The van der Waals surface area contributed by atoms with E-state index in [-0.39, 0.29) is 5.91 Å². The molecule has 0 aliphatic heterocycles. The van der Waals surface area contributed by atoms with E-state index in [2.05, 4.69) is 10.3 Å². The zero-order chi connectivity index (χ0) is 24.4. The minimum atomic E-state index is -0.286. The van der Waals surface area contributed by atoms with Crippen LogP contribution in [-0.2, 0) is 6.54 Å². The molecule has 0 atom stereocenters. The maximum Gasteiger partial charge on any atom is 0.270 e. The van der Waals surface area contributed by atoms with Crippen LogP contribution in [0.5, 0.6) is 17.2 Å². The number of carbonyl (C=O) groups excluding carboxylic acids is 1. The van der Waals surface area contributed by atoms with Crippen molar-refractivity contribution in [2.75, 3.05) is 21.3 Å². The highest BCUT2D eigenvalue weighted by molar-refractivity contribution is 6.13. The number of rotatable bonds is 7. The number of para-hydroxylation sites is 3. The number of aromatic amines is 1. The number of hydrogen-bond donors (Lipinski definition) is 2. The molecule has 7 heteroatoms. The minimum Gasteiger partial charge on any atom is -0.496 e. The molecule has 3 aromatic carbocycles. The van der Waals surface area contributed by atoms with Gasteiger partial charge in [0.05, 0.1) is 32.5 Å². The Morgan fingerprint density at radius 2 is 1.60 bits per heavy atom. The van der Waals surface area contributed by atoms with Crippen molar-refractivity contribution in [2.24, 2.45) is 0 Å². The van der Waals surface area contributed by atoms with Gasteiger partial charge in [-0.15, -0.1) is 0 Å². The number of nitrogens with zero attached hydrogens (tertiary/aromatic N) is 1. The lowest BCUT2D eigenvalue weighted by Crippen LogP contribution is -2.24. The lowest BCUT2D eigenvalue weighted by atomic mass is 10.0. The molecule has 0 fully saturated rings. The molecule has 0 unspecified atom stereocenters. The molecule has 7 nitrogen and oxygen atoms in total. The number of aromatic nitrogens is 2. The second-order valence-electron chi connectivity index (χ2n) is 7.98. The van der Waals surface area contributed by atoms with Crippen molar-refractivity contribution >= 4 is 27.7 Å². The highest BCUT2D eigenvalue weighted by atomic mass is 16.5. The second-order valence-corrected chi connectivity index (χ2v) is 7.98. The number of H-pyrrole nitrogens is 1. The molecule has 0 saturated carbocycles. The van der Waals surface area contributed by atoms with E-state index in [9.17, 15) is 4.79 Å². The van der Waals surface area contributed by atoms with Crippen molar-refractivity contribution in [3.63, 3.8) is 0 Å². The minimum absolute atomic E-state index is 0.286. The predicted molar refractivity (Wildman–Crippen MR) is 136 cm³/mol. The van der Waals surface area contributed by atoms with Gasteiger partial charge in [0.1, 0.15) is 11.4 Å². The summed E-state index contributed by atoms with van der Waals surface area (Å²) in [6, 6.07) is 23.0. The Balaban J connectivity index is 1.64. The second kappa shape index (κ2) is 9.38. The Morgan fingerprint density at radius 3 is 2.40 bits per heavy atom. The largest absolute Gasteiger partial charge is 0.496 e. The Hall–Kier alpha value is -4.52. The fourth-order valence-corrected chi connectivity index (χ4v) is 4.35. The van der Waals surface area contributed by atoms with Crippen LogP contribution in [0.3, 0.4) is 0 Å². The summed E-state index contributed by atoms with van der Waals surface area (Å²) < 4.78 is 16.6. The normalized spacial score (nSPS) is 10.9. The summed E-state index contributed by atoms with van der Waals surface area (Å²) in [6.45, 7) is 0.314. The number of pyridine rings is 1. The fraction of sp³-hybridized carbons (Fsp3) is 0.143. The average Bonchev–Trinajstić information content (AvgIpc) is 3.29. The number of amides is 1. The number of nitrogens with one attached hydrogen (secondary N) is 2. The van der Waals surface area contributed by atoms with Crippen LogP contribution in [-0.4, -0.2) is 37.2 Å². The fourth-order valence-electron chi connectivity index (χ4n) is 4.35. The SMILES string of the molecule is COc1ccccc1CNC(=O)c1cc2c([nH]c3ccccc32)c(-c2cccc(OC)c2OC)n1. The van der Waals surface area contributed by atoms with Gasteiger partial charge < -0.3 is 24.5 Å². The van der Waals surface area contributed by atoms with Gasteiger partial charge in [-0.1, -0.05) is 42.5 Å². The lowest BCUT2D eigenvalue weighted by molar-refractivity contribution is 0.0946. The first-order valence-corrected chi connectivity index (χ1v) is 11.2. The average molecular weight is 468 g/mol. The zero-order valence-corrected chi connectivity index (χ0v) is 19.7. The van der Waals surface area contributed by atoms with Gasteiger partial charge in [-0.2, -0.15) is 0 Å². The first kappa shape index (κ1) is 22.3.